The summed E-state index contributed by atoms with van der Waals surface area (Å²) in [5.74, 6) is 0.597. The second-order valence-electron chi connectivity index (χ2n) is 6.80. The molecule has 0 aromatic heterocycles. The summed E-state index contributed by atoms with van der Waals surface area (Å²) in [4.78, 5) is 2.46. The first kappa shape index (κ1) is 18.3. The highest BCUT2D eigenvalue weighted by Gasteiger charge is 2.16. The van der Waals surface area contributed by atoms with Crippen molar-refractivity contribution in [1.29, 1.82) is 0 Å². The normalized spacial score (nSPS) is 15.6. The second-order valence-corrected chi connectivity index (χ2v) is 6.80. The number of rotatable bonds is 5. The van der Waals surface area contributed by atoms with Gasteiger partial charge in [-0.05, 0) is 37.1 Å². The number of phenolic OH excluding ortho intramolecular Hbond substituents is 1. The zero-order valence-electron chi connectivity index (χ0n) is 15.8. The number of aryl methyl sites for hydroxylation is 2. The number of piperazine rings is 1. The van der Waals surface area contributed by atoms with Gasteiger partial charge >= 0.3 is 0 Å². The number of hydrogen-bond donors (Lipinski definition) is 1. The maximum absolute atomic E-state index is 10.1. The van der Waals surface area contributed by atoms with Gasteiger partial charge in [0, 0.05) is 38.3 Å². The molecule has 3 rings (SSSR count). The molecule has 5 heteroatoms. The van der Waals surface area contributed by atoms with Crippen LogP contribution in [-0.4, -0.2) is 54.5 Å². The SMILES string of the molecule is COc1cccc(C=NN2CCN(Cc3ccc(C)cc3C)CC2)c1O. The van der Waals surface area contributed by atoms with E-state index in [1.165, 1.54) is 16.7 Å². The summed E-state index contributed by atoms with van der Waals surface area (Å²) in [5, 5.41) is 16.7. The number of benzene rings is 2. The Balaban J connectivity index is 1.55. The smallest absolute Gasteiger partial charge is 0.166 e. The topological polar surface area (TPSA) is 48.3 Å². The molecule has 1 fully saturated rings. The molecular formula is C21H27N3O2. The molecule has 1 aliphatic heterocycles. The minimum absolute atomic E-state index is 0.132. The Morgan fingerprint density at radius 1 is 1.12 bits per heavy atom. The van der Waals surface area contributed by atoms with E-state index in [0.29, 0.717) is 11.3 Å². The van der Waals surface area contributed by atoms with Crippen LogP contribution < -0.4 is 4.74 Å². The molecule has 138 valence electrons. The largest absolute Gasteiger partial charge is 0.504 e. The number of hydrogen-bond acceptors (Lipinski definition) is 5. The summed E-state index contributed by atoms with van der Waals surface area (Å²) in [6.07, 6.45) is 1.71. The molecule has 0 bridgehead atoms. The average Bonchev–Trinajstić information content (AvgIpc) is 2.64. The molecule has 0 unspecified atom stereocenters. The van der Waals surface area contributed by atoms with Gasteiger partial charge in [0.1, 0.15) is 0 Å². The minimum atomic E-state index is 0.132. The maximum Gasteiger partial charge on any atom is 0.166 e. The molecule has 0 spiro atoms. The molecule has 2 aromatic carbocycles. The molecule has 5 nitrogen and oxygen atoms in total. The van der Waals surface area contributed by atoms with Crippen molar-refractivity contribution in [3.8, 4) is 11.5 Å². The van der Waals surface area contributed by atoms with Crippen molar-refractivity contribution in [2.45, 2.75) is 20.4 Å². The van der Waals surface area contributed by atoms with Crippen LogP contribution in [0.4, 0.5) is 0 Å². The van der Waals surface area contributed by atoms with Crippen LogP contribution in [0.3, 0.4) is 0 Å². The summed E-state index contributed by atoms with van der Waals surface area (Å²) in [5.41, 5.74) is 4.74. The van der Waals surface area contributed by atoms with E-state index >= 15 is 0 Å². The van der Waals surface area contributed by atoms with E-state index in [2.05, 4.69) is 47.1 Å². The lowest BCUT2D eigenvalue weighted by Gasteiger charge is -2.33. The van der Waals surface area contributed by atoms with E-state index in [1.807, 2.05) is 12.1 Å². The lowest BCUT2D eigenvalue weighted by molar-refractivity contribution is 0.131. The Bertz CT molecular complexity index is 781. The lowest BCUT2D eigenvalue weighted by Crippen LogP contribution is -2.43. The first-order valence-corrected chi connectivity index (χ1v) is 9.00. The predicted molar refractivity (Wildman–Crippen MR) is 105 cm³/mol. The van der Waals surface area contributed by atoms with E-state index in [9.17, 15) is 5.11 Å². The Labute approximate surface area is 155 Å². The number of para-hydroxylation sites is 1. The van der Waals surface area contributed by atoms with E-state index in [1.54, 1.807) is 19.4 Å². The Hall–Kier alpha value is -2.53. The van der Waals surface area contributed by atoms with Gasteiger partial charge in [0.2, 0.25) is 0 Å². The van der Waals surface area contributed by atoms with Gasteiger partial charge < -0.3 is 9.84 Å². The Kier molecular flexibility index (Phi) is 5.78. The van der Waals surface area contributed by atoms with Crippen molar-refractivity contribution in [2.24, 2.45) is 5.10 Å². The van der Waals surface area contributed by atoms with Crippen LogP contribution in [0.15, 0.2) is 41.5 Å². The molecule has 1 aliphatic rings. The molecule has 0 atom stereocenters. The lowest BCUT2D eigenvalue weighted by atomic mass is 10.1. The van der Waals surface area contributed by atoms with Gasteiger partial charge in [0.05, 0.1) is 13.3 Å². The number of ether oxygens (including phenoxy) is 1. The van der Waals surface area contributed by atoms with Gasteiger partial charge in [-0.3, -0.25) is 9.91 Å². The number of nitrogens with zero attached hydrogens (tertiary/aromatic N) is 3. The first-order chi connectivity index (χ1) is 12.6. The third kappa shape index (κ3) is 4.35. The monoisotopic (exact) mass is 353 g/mol. The van der Waals surface area contributed by atoms with E-state index in [0.717, 1.165) is 32.7 Å². The number of aromatic hydroxyl groups is 1. The van der Waals surface area contributed by atoms with Gasteiger partial charge in [0.15, 0.2) is 11.5 Å². The fourth-order valence-corrected chi connectivity index (χ4v) is 3.23. The van der Waals surface area contributed by atoms with Crippen LogP contribution in [-0.2, 0) is 6.54 Å². The number of hydrazone groups is 1. The van der Waals surface area contributed by atoms with Crippen LogP contribution in [0.2, 0.25) is 0 Å². The molecule has 1 heterocycles. The molecule has 0 saturated carbocycles. The number of methoxy groups -OCH3 is 1. The standard InChI is InChI=1S/C21H27N3O2/c1-16-7-8-19(17(2)13-16)15-23-9-11-24(12-10-23)22-14-18-5-4-6-20(26-3)21(18)25/h4-8,13-14,25H,9-12,15H2,1-3H3. The quantitative estimate of drug-likeness (QED) is 0.839. The summed E-state index contributed by atoms with van der Waals surface area (Å²) in [7, 11) is 1.55. The predicted octanol–water partition coefficient (Wildman–Crippen LogP) is 3.17. The molecule has 2 aromatic rings. The average molecular weight is 353 g/mol. The third-order valence-corrected chi connectivity index (χ3v) is 4.85. The Morgan fingerprint density at radius 3 is 2.58 bits per heavy atom. The van der Waals surface area contributed by atoms with E-state index in [4.69, 9.17) is 4.74 Å². The number of phenols is 1. The van der Waals surface area contributed by atoms with E-state index in [-0.39, 0.29) is 5.75 Å². The zero-order chi connectivity index (χ0) is 18.5. The highest BCUT2D eigenvalue weighted by Crippen LogP contribution is 2.28. The highest BCUT2D eigenvalue weighted by molar-refractivity contribution is 5.84. The van der Waals surface area contributed by atoms with Crippen molar-refractivity contribution >= 4 is 6.21 Å². The van der Waals surface area contributed by atoms with Crippen molar-refractivity contribution in [3.63, 3.8) is 0 Å². The minimum Gasteiger partial charge on any atom is -0.504 e. The molecule has 1 saturated heterocycles. The van der Waals surface area contributed by atoms with Crippen molar-refractivity contribution in [1.82, 2.24) is 9.91 Å². The van der Waals surface area contributed by atoms with E-state index < -0.39 is 0 Å². The maximum atomic E-state index is 10.1. The van der Waals surface area contributed by atoms with Gasteiger partial charge in [-0.2, -0.15) is 5.10 Å². The van der Waals surface area contributed by atoms with Gasteiger partial charge in [-0.1, -0.05) is 29.8 Å². The van der Waals surface area contributed by atoms with Crippen LogP contribution >= 0.6 is 0 Å². The van der Waals surface area contributed by atoms with Crippen LogP contribution in [0.25, 0.3) is 0 Å². The van der Waals surface area contributed by atoms with Crippen molar-refractivity contribution in [3.05, 3.63) is 58.7 Å². The fraction of sp³-hybridized carbons (Fsp3) is 0.381. The zero-order valence-corrected chi connectivity index (χ0v) is 15.8. The molecule has 0 aliphatic carbocycles. The van der Waals surface area contributed by atoms with Crippen molar-refractivity contribution in [2.75, 3.05) is 33.3 Å². The van der Waals surface area contributed by atoms with Gasteiger partial charge in [-0.25, -0.2) is 0 Å². The summed E-state index contributed by atoms with van der Waals surface area (Å²) in [6, 6.07) is 12.1. The molecule has 1 N–H and O–H groups in total. The van der Waals surface area contributed by atoms with Crippen molar-refractivity contribution < 1.29 is 9.84 Å². The van der Waals surface area contributed by atoms with Gasteiger partial charge in [0.25, 0.3) is 0 Å². The molecule has 26 heavy (non-hydrogen) atoms. The summed E-state index contributed by atoms with van der Waals surface area (Å²) >= 11 is 0. The van der Waals surface area contributed by atoms with Crippen LogP contribution in [0, 0.1) is 13.8 Å². The second kappa shape index (κ2) is 8.23. The first-order valence-electron chi connectivity index (χ1n) is 9.00. The third-order valence-electron chi connectivity index (χ3n) is 4.85. The van der Waals surface area contributed by atoms with Crippen LogP contribution in [0.5, 0.6) is 11.5 Å². The van der Waals surface area contributed by atoms with Crippen LogP contribution in [0.1, 0.15) is 22.3 Å². The molecular weight excluding hydrogens is 326 g/mol. The van der Waals surface area contributed by atoms with Gasteiger partial charge in [-0.15, -0.1) is 0 Å². The summed E-state index contributed by atoms with van der Waals surface area (Å²) < 4.78 is 5.13. The summed E-state index contributed by atoms with van der Waals surface area (Å²) in [6.45, 7) is 9.03. The molecule has 0 amide bonds. The fourth-order valence-electron chi connectivity index (χ4n) is 3.23. The highest BCUT2D eigenvalue weighted by atomic mass is 16.5. The molecule has 0 radical (unpaired) electrons. The Morgan fingerprint density at radius 2 is 1.88 bits per heavy atom.